The molecule has 0 bridgehead atoms. The topological polar surface area (TPSA) is 38.0 Å². The van der Waals surface area contributed by atoms with Crippen LogP contribution in [0.5, 0.6) is 0 Å². The Hall–Kier alpha value is -1.10. The van der Waals surface area contributed by atoms with Gasteiger partial charge in [-0.1, -0.05) is 33.6 Å². The second-order valence-electron chi connectivity index (χ2n) is 5.03. The number of nitrogens with one attached hydrogen (secondary N) is 1. The Balaban J connectivity index is 2.28. The predicted octanol–water partition coefficient (Wildman–Crippen LogP) is 4.97. The quantitative estimate of drug-likeness (QED) is 0.796. The standard InChI is InChI=1S/C16H17BrClFN2/c1-9-5-12(6-10(2)16(9)17)21-15(8-20)11-3-4-14(19)13(18)7-11/h3-7,15,21H,8,20H2,1-2H3. The monoisotopic (exact) mass is 370 g/mol. The van der Waals surface area contributed by atoms with E-state index in [9.17, 15) is 4.39 Å². The van der Waals surface area contributed by atoms with E-state index >= 15 is 0 Å². The van der Waals surface area contributed by atoms with Gasteiger partial charge in [0.2, 0.25) is 0 Å². The van der Waals surface area contributed by atoms with Gasteiger partial charge >= 0.3 is 0 Å². The molecule has 2 rings (SSSR count). The van der Waals surface area contributed by atoms with Crippen molar-refractivity contribution in [3.8, 4) is 0 Å². The zero-order chi connectivity index (χ0) is 15.6. The minimum Gasteiger partial charge on any atom is -0.377 e. The van der Waals surface area contributed by atoms with Crippen molar-refractivity contribution in [2.75, 3.05) is 11.9 Å². The summed E-state index contributed by atoms with van der Waals surface area (Å²) in [6.45, 7) is 4.46. The highest BCUT2D eigenvalue weighted by atomic mass is 79.9. The van der Waals surface area contributed by atoms with Crippen LogP contribution in [0.15, 0.2) is 34.8 Å². The minimum atomic E-state index is -0.425. The van der Waals surface area contributed by atoms with Gasteiger partial charge in [0.05, 0.1) is 11.1 Å². The molecule has 0 aromatic heterocycles. The second kappa shape index (κ2) is 6.77. The van der Waals surface area contributed by atoms with Crippen LogP contribution in [-0.2, 0) is 0 Å². The summed E-state index contributed by atoms with van der Waals surface area (Å²) in [5.41, 5.74) is 9.97. The fraction of sp³-hybridized carbons (Fsp3) is 0.250. The summed E-state index contributed by atoms with van der Waals surface area (Å²) in [5.74, 6) is -0.425. The summed E-state index contributed by atoms with van der Waals surface area (Å²) in [4.78, 5) is 0. The lowest BCUT2D eigenvalue weighted by Gasteiger charge is -2.20. The average molecular weight is 372 g/mol. The lowest BCUT2D eigenvalue weighted by molar-refractivity contribution is 0.626. The molecule has 0 aliphatic heterocycles. The first-order chi connectivity index (χ1) is 9.92. The Morgan fingerprint density at radius 2 is 1.86 bits per heavy atom. The molecule has 0 radical (unpaired) electrons. The van der Waals surface area contributed by atoms with Crippen LogP contribution in [0.4, 0.5) is 10.1 Å². The van der Waals surface area contributed by atoms with E-state index in [1.54, 1.807) is 12.1 Å². The van der Waals surface area contributed by atoms with Gasteiger partial charge in [-0.2, -0.15) is 0 Å². The molecule has 0 spiro atoms. The SMILES string of the molecule is Cc1cc(NC(CN)c2ccc(F)c(Cl)c2)cc(C)c1Br. The van der Waals surface area contributed by atoms with Gasteiger partial charge in [0.15, 0.2) is 0 Å². The normalized spacial score (nSPS) is 12.3. The molecule has 2 aromatic rings. The van der Waals surface area contributed by atoms with Crippen molar-refractivity contribution in [2.24, 2.45) is 5.73 Å². The first-order valence-corrected chi connectivity index (χ1v) is 7.77. The van der Waals surface area contributed by atoms with Gasteiger partial charge in [-0.3, -0.25) is 0 Å². The number of anilines is 1. The van der Waals surface area contributed by atoms with Crippen LogP contribution in [0.25, 0.3) is 0 Å². The van der Waals surface area contributed by atoms with Crippen LogP contribution >= 0.6 is 27.5 Å². The van der Waals surface area contributed by atoms with Gasteiger partial charge in [0.25, 0.3) is 0 Å². The van der Waals surface area contributed by atoms with Crippen LogP contribution < -0.4 is 11.1 Å². The van der Waals surface area contributed by atoms with Crippen molar-refractivity contribution in [1.82, 2.24) is 0 Å². The predicted molar refractivity (Wildman–Crippen MR) is 90.4 cm³/mol. The van der Waals surface area contributed by atoms with Crippen LogP contribution in [0.2, 0.25) is 5.02 Å². The molecule has 3 N–H and O–H groups in total. The van der Waals surface area contributed by atoms with Gasteiger partial charge in [0, 0.05) is 16.7 Å². The minimum absolute atomic E-state index is 0.107. The maximum absolute atomic E-state index is 13.3. The third-order valence-corrected chi connectivity index (χ3v) is 4.90. The highest BCUT2D eigenvalue weighted by Crippen LogP contribution is 2.28. The summed E-state index contributed by atoms with van der Waals surface area (Å²) in [6.07, 6.45) is 0. The van der Waals surface area contributed by atoms with E-state index in [4.69, 9.17) is 17.3 Å². The summed E-state index contributed by atoms with van der Waals surface area (Å²) in [6, 6.07) is 8.64. The smallest absolute Gasteiger partial charge is 0.141 e. The van der Waals surface area contributed by atoms with E-state index in [2.05, 4.69) is 21.2 Å². The molecule has 5 heteroatoms. The van der Waals surface area contributed by atoms with Crippen molar-refractivity contribution >= 4 is 33.2 Å². The number of halogens is 3. The molecule has 2 nitrogen and oxygen atoms in total. The number of rotatable bonds is 4. The van der Waals surface area contributed by atoms with Crippen molar-refractivity contribution in [2.45, 2.75) is 19.9 Å². The zero-order valence-electron chi connectivity index (χ0n) is 11.9. The third-order valence-electron chi connectivity index (χ3n) is 3.36. The fourth-order valence-electron chi connectivity index (χ4n) is 2.24. The Bertz CT molecular complexity index is 638. The summed E-state index contributed by atoms with van der Waals surface area (Å²) >= 11 is 9.39. The van der Waals surface area contributed by atoms with E-state index in [0.29, 0.717) is 6.54 Å². The van der Waals surface area contributed by atoms with Crippen molar-refractivity contribution in [3.05, 3.63) is 62.3 Å². The van der Waals surface area contributed by atoms with Crippen LogP contribution in [-0.4, -0.2) is 6.54 Å². The maximum atomic E-state index is 13.3. The molecule has 1 atom stereocenters. The summed E-state index contributed by atoms with van der Waals surface area (Å²) in [7, 11) is 0. The number of nitrogens with two attached hydrogens (primary N) is 1. The van der Waals surface area contributed by atoms with Crippen LogP contribution in [0, 0.1) is 19.7 Å². The number of hydrogen-bond donors (Lipinski definition) is 2. The van der Waals surface area contributed by atoms with Crippen molar-refractivity contribution < 1.29 is 4.39 Å². The summed E-state index contributed by atoms with van der Waals surface area (Å²) < 4.78 is 14.4. The molecule has 1 unspecified atom stereocenters. The Morgan fingerprint density at radius 3 is 2.38 bits per heavy atom. The van der Waals surface area contributed by atoms with Crippen LogP contribution in [0.1, 0.15) is 22.7 Å². The lowest BCUT2D eigenvalue weighted by Crippen LogP contribution is -2.20. The first kappa shape index (κ1) is 16.3. The van der Waals surface area contributed by atoms with E-state index < -0.39 is 5.82 Å². The zero-order valence-corrected chi connectivity index (χ0v) is 14.2. The molecule has 0 saturated heterocycles. The van der Waals surface area contributed by atoms with E-state index in [1.165, 1.54) is 6.07 Å². The van der Waals surface area contributed by atoms with E-state index in [0.717, 1.165) is 26.9 Å². The number of hydrogen-bond acceptors (Lipinski definition) is 2. The average Bonchev–Trinajstić information content (AvgIpc) is 2.45. The molecule has 112 valence electrons. The molecule has 0 heterocycles. The number of aryl methyl sites for hydroxylation is 2. The van der Waals surface area contributed by atoms with E-state index in [1.807, 2.05) is 26.0 Å². The summed E-state index contributed by atoms with van der Waals surface area (Å²) in [5, 5.41) is 3.48. The highest BCUT2D eigenvalue weighted by molar-refractivity contribution is 9.10. The molecular formula is C16H17BrClFN2. The van der Waals surface area contributed by atoms with Gasteiger partial charge in [-0.25, -0.2) is 4.39 Å². The third kappa shape index (κ3) is 3.76. The second-order valence-corrected chi connectivity index (χ2v) is 6.23. The molecular weight excluding hydrogens is 355 g/mol. The van der Waals surface area contributed by atoms with Gasteiger partial charge in [0.1, 0.15) is 5.82 Å². The number of benzene rings is 2. The first-order valence-electron chi connectivity index (χ1n) is 6.60. The van der Waals surface area contributed by atoms with Gasteiger partial charge in [-0.15, -0.1) is 0 Å². The van der Waals surface area contributed by atoms with E-state index in [-0.39, 0.29) is 11.1 Å². The Morgan fingerprint density at radius 1 is 1.24 bits per heavy atom. The fourth-order valence-corrected chi connectivity index (χ4v) is 2.66. The van der Waals surface area contributed by atoms with Gasteiger partial charge < -0.3 is 11.1 Å². The van der Waals surface area contributed by atoms with Gasteiger partial charge in [-0.05, 0) is 54.8 Å². The Kier molecular flexibility index (Phi) is 5.25. The molecule has 0 aliphatic rings. The molecule has 0 aliphatic carbocycles. The van der Waals surface area contributed by atoms with Crippen molar-refractivity contribution in [1.29, 1.82) is 0 Å². The molecule has 0 fully saturated rings. The molecule has 21 heavy (non-hydrogen) atoms. The Labute approximate surface area is 137 Å². The maximum Gasteiger partial charge on any atom is 0.141 e. The molecule has 2 aromatic carbocycles. The highest BCUT2D eigenvalue weighted by Gasteiger charge is 2.13. The lowest BCUT2D eigenvalue weighted by atomic mass is 10.1. The van der Waals surface area contributed by atoms with Crippen LogP contribution in [0.3, 0.4) is 0 Å². The van der Waals surface area contributed by atoms with Crippen molar-refractivity contribution in [3.63, 3.8) is 0 Å². The molecule has 0 amide bonds. The largest absolute Gasteiger partial charge is 0.377 e. The molecule has 0 saturated carbocycles.